The van der Waals surface area contributed by atoms with Crippen molar-refractivity contribution >= 4 is 17.4 Å². The zero-order valence-corrected chi connectivity index (χ0v) is 17.2. The number of Topliss-reactive ketones (excluding diaryl/α,β-unsaturated/α-hetero) is 1. The predicted octanol–water partition coefficient (Wildman–Crippen LogP) is 4.88. The van der Waals surface area contributed by atoms with E-state index in [0.717, 1.165) is 6.42 Å². The lowest BCUT2D eigenvalue weighted by atomic mass is 10.0. The van der Waals surface area contributed by atoms with Crippen LogP contribution in [0, 0.1) is 0 Å². The van der Waals surface area contributed by atoms with E-state index in [1.807, 2.05) is 52.8 Å². The summed E-state index contributed by atoms with van der Waals surface area (Å²) in [7, 11) is 0. The third-order valence-corrected chi connectivity index (χ3v) is 3.79. The van der Waals surface area contributed by atoms with E-state index in [2.05, 4.69) is 17.4 Å². The minimum Gasteiger partial charge on any atom is -0.328 e. The van der Waals surface area contributed by atoms with Crippen LogP contribution in [0.4, 0.5) is 0 Å². The summed E-state index contributed by atoms with van der Waals surface area (Å²) in [5.74, 6) is 0.0671. The summed E-state index contributed by atoms with van der Waals surface area (Å²) >= 11 is 5.85. The van der Waals surface area contributed by atoms with Gasteiger partial charge in [-0.25, -0.2) is 0 Å². The van der Waals surface area contributed by atoms with E-state index in [0.29, 0.717) is 10.6 Å². The minimum absolute atomic E-state index is 0.0671. The van der Waals surface area contributed by atoms with Gasteiger partial charge in [0.1, 0.15) is 0 Å². The first-order valence-corrected chi connectivity index (χ1v) is 9.33. The van der Waals surface area contributed by atoms with Gasteiger partial charge in [-0.2, -0.15) is 0 Å². The number of halogens is 1. The average molecular weight is 375 g/mol. The van der Waals surface area contributed by atoms with Crippen LogP contribution in [-0.4, -0.2) is 23.4 Å². The molecule has 0 aliphatic heterocycles. The van der Waals surface area contributed by atoms with Gasteiger partial charge in [0.15, 0.2) is 5.78 Å². The van der Waals surface area contributed by atoms with Crippen molar-refractivity contribution in [1.29, 1.82) is 0 Å². The van der Waals surface area contributed by atoms with E-state index in [4.69, 9.17) is 17.3 Å². The van der Waals surface area contributed by atoms with Crippen molar-refractivity contribution in [2.45, 2.75) is 58.7 Å². The van der Waals surface area contributed by atoms with Crippen molar-refractivity contribution in [1.82, 2.24) is 5.32 Å². The molecule has 2 aromatic rings. The quantitative estimate of drug-likeness (QED) is 0.733. The van der Waals surface area contributed by atoms with Gasteiger partial charge in [-0.05, 0) is 58.7 Å². The maximum Gasteiger partial charge on any atom is 0.179 e. The van der Waals surface area contributed by atoms with Crippen LogP contribution in [-0.2, 0) is 6.42 Å². The first kappa shape index (κ1) is 22.4. The summed E-state index contributed by atoms with van der Waals surface area (Å²) in [6.45, 7) is 10.00. The van der Waals surface area contributed by atoms with Gasteiger partial charge in [-0.3, -0.25) is 4.79 Å². The maximum absolute atomic E-state index is 12.1. The van der Waals surface area contributed by atoms with Crippen LogP contribution in [0.3, 0.4) is 0 Å². The average Bonchev–Trinajstić information content (AvgIpc) is 2.53. The maximum atomic E-state index is 12.1. The SMILES string of the molecule is CC(N)Cc1ccccc1.CC(NC(C)(C)C)C(=O)c1cccc(Cl)c1. The summed E-state index contributed by atoms with van der Waals surface area (Å²) in [4.78, 5) is 12.1. The zero-order valence-electron chi connectivity index (χ0n) is 16.4. The fourth-order valence-corrected chi connectivity index (χ4v) is 2.78. The van der Waals surface area contributed by atoms with Gasteiger partial charge in [0.25, 0.3) is 0 Å². The molecular weight excluding hydrogens is 344 g/mol. The number of ketones is 1. The molecule has 0 heterocycles. The van der Waals surface area contributed by atoms with Crippen LogP contribution >= 0.6 is 11.6 Å². The monoisotopic (exact) mass is 374 g/mol. The van der Waals surface area contributed by atoms with Crippen LogP contribution in [0.5, 0.6) is 0 Å². The number of benzene rings is 2. The van der Waals surface area contributed by atoms with Crippen molar-refractivity contribution < 1.29 is 4.79 Å². The number of carbonyl (C=O) groups is 1. The first-order valence-electron chi connectivity index (χ1n) is 8.95. The lowest BCUT2D eigenvalue weighted by molar-refractivity contribution is 0.0935. The number of hydrogen-bond acceptors (Lipinski definition) is 3. The molecule has 2 atom stereocenters. The van der Waals surface area contributed by atoms with Gasteiger partial charge in [-0.15, -0.1) is 0 Å². The van der Waals surface area contributed by atoms with Crippen LogP contribution in [0.15, 0.2) is 54.6 Å². The van der Waals surface area contributed by atoms with Gasteiger partial charge in [0, 0.05) is 22.2 Å². The molecule has 2 rings (SSSR count). The van der Waals surface area contributed by atoms with Gasteiger partial charge in [-0.1, -0.05) is 54.1 Å². The van der Waals surface area contributed by atoms with E-state index in [1.165, 1.54) is 5.56 Å². The van der Waals surface area contributed by atoms with Gasteiger partial charge in [0.05, 0.1) is 6.04 Å². The molecular formula is C22H31ClN2O. The number of nitrogens with one attached hydrogen (secondary N) is 1. The summed E-state index contributed by atoms with van der Waals surface area (Å²) in [6, 6.07) is 17.4. The van der Waals surface area contributed by atoms with E-state index < -0.39 is 0 Å². The second kappa shape index (κ2) is 10.5. The molecule has 0 radical (unpaired) electrons. The standard InChI is InChI=1S/C13H18ClNO.C9H13N/c1-9(15-13(2,3)4)12(16)10-6-5-7-11(14)8-10;1-8(10)7-9-5-3-2-4-6-9/h5-9,15H,1-4H3;2-6,8H,7,10H2,1H3. The second-order valence-corrected chi connectivity index (χ2v) is 8.09. The Balaban J connectivity index is 0.000000289. The second-order valence-electron chi connectivity index (χ2n) is 7.66. The Kier molecular flexibility index (Phi) is 9.00. The highest BCUT2D eigenvalue weighted by molar-refractivity contribution is 6.31. The Labute approximate surface area is 162 Å². The minimum atomic E-state index is -0.210. The third-order valence-electron chi connectivity index (χ3n) is 3.55. The third kappa shape index (κ3) is 9.14. The highest BCUT2D eigenvalue weighted by Crippen LogP contribution is 2.13. The number of carbonyl (C=O) groups excluding carboxylic acids is 1. The van der Waals surface area contributed by atoms with Crippen molar-refractivity contribution in [2.24, 2.45) is 5.73 Å². The summed E-state index contributed by atoms with van der Waals surface area (Å²) in [5, 5.41) is 3.84. The lowest BCUT2D eigenvalue weighted by Crippen LogP contribution is -2.46. The lowest BCUT2D eigenvalue weighted by Gasteiger charge is -2.25. The van der Waals surface area contributed by atoms with Crippen molar-refractivity contribution in [2.75, 3.05) is 0 Å². The molecule has 0 amide bonds. The van der Waals surface area contributed by atoms with Crippen molar-refractivity contribution in [3.05, 3.63) is 70.7 Å². The normalized spacial score (nSPS) is 13.3. The van der Waals surface area contributed by atoms with Crippen molar-refractivity contribution in [3.8, 4) is 0 Å². The largest absolute Gasteiger partial charge is 0.328 e. The molecule has 0 saturated heterocycles. The zero-order chi connectivity index (χ0) is 19.7. The number of rotatable bonds is 5. The molecule has 3 nitrogen and oxygen atoms in total. The molecule has 2 aromatic carbocycles. The smallest absolute Gasteiger partial charge is 0.179 e. The number of nitrogens with two attached hydrogens (primary N) is 1. The molecule has 3 N–H and O–H groups in total. The molecule has 0 saturated carbocycles. The molecule has 0 aliphatic carbocycles. The van der Waals surface area contributed by atoms with E-state index in [1.54, 1.807) is 24.3 Å². The molecule has 26 heavy (non-hydrogen) atoms. The molecule has 0 aromatic heterocycles. The van der Waals surface area contributed by atoms with Crippen LogP contribution in [0.1, 0.15) is 50.5 Å². The van der Waals surface area contributed by atoms with E-state index in [9.17, 15) is 4.79 Å². The Morgan fingerprint density at radius 2 is 1.69 bits per heavy atom. The van der Waals surface area contributed by atoms with E-state index in [-0.39, 0.29) is 23.4 Å². The predicted molar refractivity (Wildman–Crippen MR) is 112 cm³/mol. The van der Waals surface area contributed by atoms with Crippen LogP contribution in [0.2, 0.25) is 5.02 Å². The van der Waals surface area contributed by atoms with Crippen LogP contribution < -0.4 is 11.1 Å². The highest BCUT2D eigenvalue weighted by atomic mass is 35.5. The fourth-order valence-electron chi connectivity index (χ4n) is 2.59. The molecule has 0 bridgehead atoms. The summed E-state index contributed by atoms with van der Waals surface area (Å²) < 4.78 is 0. The Bertz CT molecular complexity index is 678. The fraction of sp³-hybridized carbons (Fsp3) is 0.409. The first-order chi connectivity index (χ1) is 12.1. The molecule has 0 aliphatic rings. The Morgan fingerprint density at radius 3 is 2.19 bits per heavy atom. The molecule has 0 fully saturated rings. The Hall–Kier alpha value is -1.68. The van der Waals surface area contributed by atoms with Crippen molar-refractivity contribution in [3.63, 3.8) is 0 Å². The molecule has 0 spiro atoms. The van der Waals surface area contributed by atoms with Gasteiger partial charge in [0.2, 0.25) is 0 Å². The Morgan fingerprint density at radius 1 is 1.08 bits per heavy atom. The summed E-state index contributed by atoms with van der Waals surface area (Å²) in [5.41, 5.74) is 7.52. The molecule has 2 unspecified atom stereocenters. The van der Waals surface area contributed by atoms with E-state index >= 15 is 0 Å². The van der Waals surface area contributed by atoms with Gasteiger partial charge >= 0.3 is 0 Å². The van der Waals surface area contributed by atoms with Gasteiger partial charge < -0.3 is 11.1 Å². The summed E-state index contributed by atoms with van der Waals surface area (Å²) in [6.07, 6.45) is 0.973. The van der Waals surface area contributed by atoms with Crippen LogP contribution in [0.25, 0.3) is 0 Å². The molecule has 142 valence electrons. The topological polar surface area (TPSA) is 55.1 Å². The molecule has 4 heteroatoms. The number of hydrogen-bond donors (Lipinski definition) is 2. The highest BCUT2D eigenvalue weighted by Gasteiger charge is 2.20.